The summed E-state index contributed by atoms with van der Waals surface area (Å²) in [6.07, 6.45) is 2.41. The average Bonchev–Trinajstić information content (AvgIpc) is 2.94. The number of aryl methyl sites for hydroxylation is 1. The summed E-state index contributed by atoms with van der Waals surface area (Å²) in [7, 11) is 0. The highest BCUT2D eigenvalue weighted by atomic mass is 32.1. The van der Waals surface area contributed by atoms with Crippen molar-refractivity contribution in [3.63, 3.8) is 0 Å². The van der Waals surface area contributed by atoms with Gasteiger partial charge in [-0.05, 0) is 56.8 Å². The number of likely N-dealkylation sites (tertiary alicyclic amines) is 1. The first-order valence-electron chi connectivity index (χ1n) is 7.46. The second-order valence-electron chi connectivity index (χ2n) is 5.76. The summed E-state index contributed by atoms with van der Waals surface area (Å²) in [6.45, 7) is 6.39. The molecule has 5 heteroatoms. The van der Waals surface area contributed by atoms with Crippen LogP contribution in [-0.2, 0) is 0 Å². The Labute approximate surface area is 129 Å². The molecule has 1 saturated heterocycles. The Bertz CT molecular complexity index is 596. The molecule has 0 bridgehead atoms. The number of piperidine rings is 1. The number of phenolic OH excluding ortho intramolecular Hbond substituents is 1. The third-order valence-electron chi connectivity index (χ3n) is 4.26. The molecule has 0 amide bonds. The Kier molecular flexibility index (Phi) is 4.22. The first-order chi connectivity index (χ1) is 10.1. The van der Waals surface area contributed by atoms with E-state index in [0.29, 0.717) is 17.7 Å². The molecule has 0 radical (unpaired) electrons. The smallest absolute Gasteiger partial charge is 0.134 e. The first kappa shape index (κ1) is 14.5. The number of benzene rings is 1. The summed E-state index contributed by atoms with van der Waals surface area (Å²) in [6, 6.07) is 7.99. The van der Waals surface area contributed by atoms with Crippen LogP contribution in [0.4, 0.5) is 0 Å². The molecular weight excluding hydrogens is 282 g/mol. The predicted molar refractivity (Wildman–Crippen MR) is 84.7 cm³/mol. The van der Waals surface area contributed by atoms with Crippen LogP contribution in [0.25, 0.3) is 0 Å². The molecule has 21 heavy (non-hydrogen) atoms. The van der Waals surface area contributed by atoms with Gasteiger partial charge in [0, 0.05) is 6.54 Å². The molecule has 2 heterocycles. The van der Waals surface area contributed by atoms with Gasteiger partial charge in [-0.3, -0.25) is 4.90 Å². The van der Waals surface area contributed by atoms with Crippen molar-refractivity contribution in [1.82, 2.24) is 15.1 Å². The van der Waals surface area contributed by atoms with E-state index in [9.17, 15) is 5.11 Å². The van der Waals surface area contributed by atoms with Gasteiger partial charge in [-0.2, -0.15) is 0 Å². The molecule has 4 nitrogen and oxygen atoms in total. The monoisotopic (exact) mass is 303 g/mol. The summed E-state index contributed by atoms with van der Waals surface area (Å²) in [5, 5.41) is 20.0. The largest absolute Gasteiger partial charge is 0.508 e. The molecule has 2 aromatic rings. The predicted octanol–water partition coefficient (Wildman–Crippen LogP) is 3.49. The fourth-order valence-electron chi connectivity index (χ4n) is 3.01. The highest BCUT2D eigenvalue weighted by Gasteiger charge is 2.26. The zero-order chi connectivity index (χ0) is 14.8. The molecule has 2 atom stereocenters. The minimum absolute atomic E-state index is 0.330. The molecule has 0 saturated carbocycles. The van der Waals surface area contributed by atoms with Gasteiger partial charge in [0.25, 0.3) is 0 Å². The van der Waals surface area contributed by atoms with Gasteiger partial charge in [-0.15, -0.1) is 21.5 Å². The third-order valence-corrected chi connectivity index (χ3v) is 5.27. The Hall–Kier alpha value is -1.46. The average molecular weight is 303 g/mol. The van der Waals surface area contributed by atoms with Crippen molar-refractivity contribution in [2.45, 2.75) is 38.6 Å². The fourth-order valence-corrected chi connectivity index (χ4v) is 3.80. The Morgan fingerprint density at radius 3 is 2.71 bits per heavy atom. The molecule has 1 N–H and O–H groups in total. The van der Waals surface area contributed by atoms with Gasteiger partial charge in [-0.1, -0.05) is 12.1 Å². The van der Waals surface area contributed by atoms with Crippen molar-refractivity contribution in [1.29, 1.82) is 0 Å². The molecule has 112 valence electrons. The van der Waals surface area contributed by atoms with Crippen LogP contribution in [0.5, 0.6) is 5.75 Å². The van der Waals surface area contributed by atoms with Gasteiger partial charge in [0.2, 0.25) is 0 Å². The van der Waals surface area contributed by atoms with Gasteiger partial charge < -0.3 is 5.11 Å². The molecule has 1 fully saturated rings. The van der Waals surface area contributed by atoms with Crippen molar-refractivity contribution in [2.75, 3.05) is 13.1 Å². The maximum Gasteiger partial charge on any atom is 0.134 e. The Morgan fingerprint density at radius 2 is 2.05 bits per heavy atom. The molecule has 1 aromatic heterocycles. The highest BCUT2D eigenvalue weighted by molar-refractivity contribution is 7.11. The molecule has 1 aromatic carbocycles. The van der Waals surface area contributed by atoms with E-state index in [0.717, 1.165) is 23.1 Å². The van der Waals surface area contributed by atoms with Crippen molar-refractivity contribution < 1.29 is 5.11 Å². The van der Waals surface area contributed by atoms with E-state index in [2.05, 4.69) is 22.0 Å². The number of rotatable bonds is 3. The second kappa shape index (κ2) is 6.12. The van der Waals surface area contributed by atoms with Gasteiger partial charge in [0.1, 0.15) is 15.8 Å². The van der Waals surface area contributed by atoms with Crippen molar-refractivity contribution in [3.8, 4) is 5.75 Å². The van der Waals surface area contributed by atoms with Gasteiger partial charge in [-0.25, -0.2) is 0 Å². The SMILES string of the molecule is Cc1nnc(C(C)N2CCCC(c3ccc(O)cc3)C2)s1. The quantitative estimate of drug-likeness (QED) is 0.943. The number of nitrogens with zero attached hydrogens (tertiary/aromatic N) is 3. The van der Waals surface area contributed by atoms with E-state index in [1.54, 1.807) is 23.5 Å². The summed E-state index contributed by atoms with van der Waals surface area (Å²) in [5.74, 6) is 0.875. The van der Waals surface area contributed by atoms with Crippen LogP contribution >= 0.6 is 11.3 Å². The van der Waals surface area contributed by atoms with Crippen LogP contribution in [0.1, 0.15) is 47.3 Å². The van der Waals surface area contributed by atoms with E-state index in [1.165, 1.54) is 18.4 Å². The molecule has 2 unspecified atom stereocenters. The topological polar surface area (TPSA) is 49.2 Å². The minimum Gasteiger partial charge on any atom is -0.508 e. The maximum atomic E-state index is 9.42. The number of hydrogen-bond acceptors (Lipinski definition) is 5. The number of phenols is 1. The Morgan fingerprint density at radius 1 is 1.29 bits per heavy atom. The summed E-state index contributed by atoms with van der Waals surface area (Å²) >= 11 is 1.69. The van der Waals surface area contributed by atoms with Gasteiger partial charge in [0.05, 0.1) is 6.04 Å². The fraction of sp³-hybridized carbons (Fsp3) is 0.500. The highest BCUT2D eigenvalue weighted by Crippen LogP contribution is 2.33. The molecule has 1 aliphatic rings. The standard InChI is InChI=1S/C16H21N3OS/c1-11(16-18-17-12(2)21-16)19-9-3-4-14(10-19)13-5-7-15(20)8-6-13/h5-8,11,14,20H,3-4,9-10H2,1-2H3. The van der Waals surface area contributed by atoms with E-state index in [-0.39, 0.29) is 0 Å². The van der Waals surface area contributed by atoms with Crippen LogP contribution in [-0.4, -0.2) is 33.3 Å². The lowest BCUT2D eigenvalue weighted by molar-refractivity contribution is 0.157. The third kappa shape index (κ3) is 3.24. The lowest BCUT2D eigenvalue weighted by Gasteiger charge is -2.36. The second-order valence-corrected chi connectivity index (χ2v) is 6.97. The Balaban J connectivity index is 1.72. The number of hydrogen-bond donors (Lipinski definition) is 1. The first-order valence-corrected chi connectivity index (χ1v) is 8.28. The van der Waals surface area contributed by atoms with E-state index >= 15 is 0 Å². The van der Waals surface area contributed by atoms with Crippen LogP contribution in [0.2, 0.25) is 0 Å². The van der Waals surface area contributed by atoms with Crippen molar-refractivity contribution >= 4 is 11.3 Å². The van der Waals surface area contributed by atoms with E-state index in [4.69, 9.17) is 0 Å². The number of aromatic hydroxyl groups is 1. The summed E-state index contributed by atoms with van der Waals surface area (Å²) < 4.78 is 0. The molecule has 1 aliphatic heterocycles. The lowest BCUT2D eigenvalue weighted by atomic mass is 9.90. The zero-order valence-corrected chi connectivity index (χ0v) is 13.3. The van der Waals surface area contributed by atoms with Gasteiger partial charge >= 0.3 is 0 Å². The molecule has 3 rings (SSSR count). The van der Waals surface area contributed by atoms with Crippen LogP contribution in [0.15, 0.2) is 24.3 Å². The van der Waals surface area contributed by atoms with E-state index in [1.807, 2.05) is 19.1 Å². The maximum absolute atomic E-state index is 9.42. The van der Waals surface area contributed by atoms with Crippen molar-refractivity contribution in [2.24, 2.45) is 0 Å². The molecular formula is C16H21N3OS. The summed E-state index contributed by atoms with van der Waals surface area (Å²) in [4.78, 5) is 2.50. The van der Waals surface area contributed by atoms with Crippen LogP contribution < -0.4 is 0 Å². The normalized spacial score (nSPS) is 21.3. The lowest BCUT2D eigenvalue weighted by Crippen LogP contribution is -2.36. The van der Waals surface area contributed by atoms with Gasteiger partial charge in [0.15, 0.2) is 0 Å². The minimum atomic E-state index is 0.330. The van der Waals surface area contributed by atoms with Crippen LogP contribution in [0.3, 0.4) is 0 Å². The van der Waals surface area contributed by atoms with Crippen LogP contribution in [0, 0.1) is 6.92 Å². The van der Waals surface area contributed by atoms with E-state index < -0.39 is 0 Å². The molecule has 0 aliphatic carbocycles. The zero-order valence-electron chi connectivity index (χ0n) is 12.5. The summed E-state index contributed by atoms with van der Waals surface area (Å²) in [5.41, 5.74) is 1.32. The number of aromatic nitrogens is 2. The van der Waals surface area contributed by atoms with Crippen molar-refractivity contribution in [3.05, 3.63) is 39.8 Å². The molecule has 0 spiro atoms.